The second kappa shape index (κ2) is 8.36. The zero-order chi connectivity index (χ0) is 13.2. The number of carbonyl (C=O) groups is 1. The molecule has 0 aliphatic heterocycles. The number of rotatable bonds is 8. The second-order valence-electron chi connectivity index (χ2n) is 3.48. The molecule has 100 valence electrons. The second-order valence-corrected chi connectivity index (χ2v) is 3.48. The summed E-state index contributed by atoms with van der Waals surface area (Å²) >= 11 is 0. The van der Waals surface area contributed by atoms with E-state index in [2.05, 4.69) is 5.32 Å². The van der Waals surface area contributed by atoms with Crippen LogP contribution in [0.3, 0.4) is 0 Å². The maximum Gasteiger partial charge on any atom is 0.319 e. The zero-order valence-corrected chi connectivity index (χ0v) is 10.8. The summed E-state index contributed by atoms with van der Waals surface area (Å²) in [6.07, 6.45) is 0. The van der Waals surface area contributed by atoms with E-state index in [0.717, 1.165) is 0 Å². The van der Waals surface area contributed by atoms with Crippen LogP contribution in [0.5, 0.6) is 11.5 Å². The molecule has 0 unspecified atom stereocenters. The van der Waals surface area contributed by atoms with Gasteiger partial charge in [-0.1, -0.05) is 12.1 Å². The van der Waals surface area contributed by atoms with E-state index in [1.807, 2.05) is 24.3 Å². The van der Waals surface area contributed by atoms with Crippen molar-refractivity contribution in [2.24, 2.45) is 0 Å². The van der Waals surface area contributed by atoms with Crippen molar-refractivity contribution in [2.75, 3.05) is 33.4 Å². The number of benzene rings is 1. The van der Waals surface area contributed by atoms with Gasteiger partial charge in [-0.2, -0.15) is 0 Å². The molecule has 5 nitrogen and oxygen atoms in total. The van der Waals surface area contributed by atoms with Crippen molar-refractivity contribution in [2.45, 2.75) is 6.92 Å². The highest BCUT2D eigenvalue weighted by Crippen LogP contribution is 2.25. The van der Waals surface area contributed by atoms with E-state index in [0.29, 0.717) is 31.3 Å². The van der Waals surface area contributed by atoms with Crippen molar-refractivity contribution in [3.8, 4) is 11.5 Å². The number of esters is 1. The molecule has 0 spiro atoms. The summed E-state index contributed by atoms with van der Waals surface area (Å²) in [5.74, 6) is 1.13. The van der Waals surface area contributed by atoms with Crippen molar-refractivity contribution in [1.82, 2.24) is 5.32 Å². The van der Waals surface area contributed by atoms with Crippen LogP contribution in [-0.2, 0) is 9.53 Å². The van der Waals surface area contributed by atoms with Gasteiger partial charge in [-0.05, 0) is 19.1 Å². The SMILES string of the molecule is CCOC(=O)CNCCOc1ccccc1OC. The lowest BCUT2D eigenvalue weighted by molar-refractivity contribution is -0.142. The maximum atomic E-state index is 11.0. The predicted molar refractivity (Wildman–Crippen MR) is 68.0 cm³/mol. The topological polar surface area (TPSA) is 56.8 Å². The average Bonchev–Trinajstić information content (AvgIpc) is 2.39. The molecule has 0 atom stereocenters. The minimum Gasteiger partial charge on any atom is -0.493 e. The molecule has 0 amide bonds. The highest BCUT2D eigenvalue weighted by molar-refractivity contribution is 5.71. The number of carbonyl (C=O) groups excluding carboxylic acids is 1. The van der Waals surface area contributed by atoms with Gasteiger partial charge in [0.05, 0.1) is 20.3 Å². The average molecular weight is 253 g/mol. The molecule has 0 bridgehead atoms. The third-order valence-electron chi connectivity index (χ3n) is 2.18. The first-order valence-electron chi connectivity index (χ1n) is 5.90. The summed E-state index contributed by atoms with van der Waals surface area (Å²) in [4.78, 5) is 11.0. The van der Waals surface area contributed by atoms with Crippen molar-refractivity contribution in [3.63, 3.8) is 0 Å². The van der Waals surface area contributed by atoms with Crippen LogP contribution in [0.4, 0.5) is 0 Å². The fraction of sp³-hybridized carbons (Fsp3) is 0.462. The van der Waals surface area contributed by atoms with E-state index in [9.17, 15) is 4.79 Å². The van der Waals surface area contributed by atoms with Crippen LogP contribution in [0, 0.1) is 0 Å². The minimum absolute atomic E-state index is 0.198. The normalized spacial score (nSPS) is 9.89. The molecular formula is C13H19NO4. The molecule has 0 saturated heterocycles. The van der Waals surface area contributed by atoms with Gasteiger partial charge in [0.25, 0.3) is 0 Å². The number of ether oxygens (including phenoxy) is 3. The van der Waals surface area contributed by atoms with Crippen LogP contribution in [-0.4, -0.2) is 39.4 Å². The molecule has 1 aromatic carbocycles. The van der Waals surface area contributed by atoms with Crippen LogP contribution in [0.15, 0.2) is 24.3 Å². The smallest absolute Gasteiger partial charge is 0.319 e. The third kappa shape index (κ3) is 5.05. The lowest BCUT2D eigenvalue weighted by Crippen LogP contribution is -2.28. The Bertz CT molecular complexity index is 368. The van der Waals surface area contributed by atoms with Gasteiger partial charge in [-0.15, -0.1) is 0 Å². The lowest BCUT2D eigenvalue weighted by atomic mass is 10.3. The fourth-order valence-electron chi connectivity index (χ4n) is 1.37. The lowest BCUT2D eigenvalue weighted by Gasteiger charge is -2.10. The molecule has 18 heavy (non-hydrogen) atoms. The first-order chi connectivity index (χ1) is 8.77. The molecule has 0 aliphatic carbocycles. The summed E-state index contributed by atoms with van der Waals surface area (Å²) in [6.45, 7) is 3.40. The molecule has 5 heteroatoms. The van der Waals surface area contributed by atoms with E-state index in [1.54, 1.807) is 14.0 Å². The van der Waals surface area contributed by atoms with Gasteiger partial charge in [0, 0.05) is 6.54 Å². The van der Waals surface area contributed by atoms with Gasteiger partial charge in [0.1, 0.15) is 6.61 Å². The molecule has 1 aromatic rings. The van der Waals surface area contributed by atoms with E-state index < -0.39 is 0 Å². The van der Waals surface area contributed by atoms with E-state index in [-0.39, 0.29) is 12.5 Å². The Balaban J connectivity index is 2.19. The molecule has 0 radical (unpaired) electrons. The number of para-hydroxylation sites is 2. The molecule has 1 rings (SSSR count). The van der Waals surface area contributed by atoms with Crippen LogP contribution in [0.25, 0.3) is 0 Å². The highest BCUT2D eigenvalue weighted by Gasteiger charge is 2.03. The number of hydrogen-bond donors (Lipinski definition) is 1. The molecule has 0 fully saturated rings. The molecular weight excluding hydrogens is 234 g/mol. The third-order valence-corrected chi connectivity index (χ3v) is 2.18. The van der Waals surface area contributed by atoms with Gasteiger partial charge in [-0.25, -0.2) is 0 Å². The highest BCUT2D eigenvalue weighted by atomic mass is 16.5. The molecule has 0 heterocycles. The van der Waals surface area contributed by atoms with Crippen molar-refractivity contribution >= 4 is 5.97 Å². The van der Waals surface area contributed by atoms with Gasteiger partial charge >= 0.3 is 5.97 Å². The Kier molecular flexibility index (Phi) is 6.64. The minimum atomic E-state index is -0.255. The molecule has 1 N–H and O–H groups in total. The van der Waals surface area contributed by atoms with Gasteiger partial charge in [-0.3, -0.25) is 4.79 Å². The Hall–Kier alpha value is -1.75. The first kappa shape index (κ1) is 14.3. The molecule has 0 saturated carbocycles. The Morgan fingerprint density at radius 3 is 2.67 bits per heavy atom. The maximum absolute atomic E-state index is 11.0. The van der Waals surface area contributed by atoms with E-state index in [4.69, 9.17) is 14.2 Å². The van der Waals surface area contributed by atoms with E-state index in [1.165, 1.54) is 0 Å². The van der Waals surface area contributed by atoms with Crippen LogP contribution in [0.2, 0.25) is 0 Å². The van der Waals surface area contributed by atoms with Crippen molar-refractivity contribution in [1.29, 1.82) is 0 Å². The number of nitrogens with one attached hydrogen (secondary N) is 1. The fourth-order valence-corrected chi connectivity index (χ4v) is 1.37. The first-order valence-corrected chi connectivity index (χ1v) is 5.90. The summed E-state index contributed by atoms with van der Waals surface area (Å²) < 4.78 is 15.5. The van der Waals surface area contributed by atoms with Gasteiger partial charge in [0.15, 0.2) is 11.5 Å². The van der Waals surface area contributed by atoms with Gasteiger partial charge in [0.2, 0.25) is 0 Å². The summed E-state index contributed by atoms with van der Waals surface area (Å²) in [6, 6.07) is 7.43. The summed E-state index contributed by atoms with van der Waals surface area (Å²) in [5, 5.41) is 2.94. The summed E-state index contributed by atoms with van der Waals surface area (Å²) in [5.41, 5.74) is 0. The van der Waals surface area contributed by atoms with Gasteiger partial charge < -0.3 is 19.5 Å². The van der Waals surface area contributed by atoms with Crippen LogP contribution in [0.1, 0.15) is 6.92 Å². The molecule has 0 aliphatic rings. The quantitative estimate of drug-likeness (QED) is 0.558. The standard InChI is InChI=1S/C13H19NO4/c1-3-17-13(15)10-14-8-9-18-12-7-5-4-6-11(12)16-2/h4-7,14H,3,8-10H2,1-2H3. The Labute approximate surface area is 107 Å². The van der Waals surface area contributed by atoms with Crippen LogP contribution >= 0.6 is 0 Å². The number of hydrogen-bond acceptors (Lipinski definition) is 5. The van der Waals surface area contributed by atoms with Crippen molar-refractivity contribution < 1.29 is 19.0 Å². The predicted octanol–water partition coefficient (Wildman–Crippen LogP) is 1.23. The zero-order valence-electron chi connectivity index (χ0n) is 10.8. The largest absolute Gasteiger partial charge is 0.493 e. The monoisotopic (exact) mass is 253 g/mol. The molecule has 0 aromatic heterocycles. The summed E-state index contributed by atoms with van der Waals surface area (Å²) in [7, 11) is 1.60. The number of methoxy groups -OCH3 is 1. The van der Waals surface area contributed by atoms with Crippen molar-refractivity contribution in [3.05, 3.63) is 24.3 Å². The Morgan fingerprint density at radius 2 is 2.00 bits per heavy atom. The Morgan fingerprint density at radius 1 is 1.28 bits per heavy atom. The van der Waals surface area contributed by atoms with E-state index >= 15 is 0 Å². The van der Waals surface area contributed by atoms with Crippen LogP contribution < -0.4 is 14.8 Å².